The first-order chi connectivity index (χ1) is 10.2. The van der Waals surface area contributed by atoms with Crippen molar-refractivity contribution in [3.8, 4) is 0 Å². The summed E-state index contributed by atoms with van der Waals surface area (Å²) >= 11 is 1.46. The van der Waals surface area contributed by atoms with Crippen LogP contribution in [0.1, 0.15) is 16.0 Å². The van der Waals surface area contributed by atoms with Gasteiger partial charge in [-0.2, -0.15) is 0 Å². The minimum atomic E-state index is -0.256. The van der Waals surface area contributed by atoms with Gasteiger partial charge in [-0.25, -0.2) is 4.98 Å². The van der Waals surface area contributed by atoms with Crippen molar-refractivity contribution in [3.63, 3.8) is 0 Å². The van der Waals surface area contributed by atoms with Gasteiger partial charge in [0.1, 0.15) is 6.04 Å². The van der Waals surface area contributed by atoms with Crippen LogP contribution in [-0.2, 0) is 29.0 Å². The van der Waals surface area contributed by atoms with Gasteiger partial charge in [0.2, 0.25) is 0 Å². The van der Waals surface area contributed by atoms with Crippen LogP contribution in [0, 0.1) is 0 Å². The number of fused-ring (bicyclic) bond motifs is 1. The number of carbonyl (C=O) groups excluding carboxylic acids is 1. The fourth-order valence-corrected chi connectivity index (χ4v) is 3.42. The Morgan fingerprint density at radius 1 is 1.45 bits per heavy atom. The molecule has 5 nitrogen and oxygen atoms in total. The number of hydrogen-bond acceptors (Lipinski definition) is 6. The van der Waals surface area contributed by atoms with Crippen molar-refractivity contribution in [1.82, 2.24) is 9.88 Å². The molecule has 0 fully saturated rings. The average molecular weight is 340 g/mol. The van der Waals surface area contributed by atoms with Crippen LogP contribution in [0.3, 0.4) is 0 Å². The molecule has 2 heterocycles. The third-order valence-electron chi connectivity index (χ3n) is 3.75. The Bertz CT molecular complexity index is 662. The SMILES string of the molecule is COC(=O)C1Cc2ccccc2CN1Cc1cnc(N)s1.Cl. The van der Waals surface area contributed by atoms with Crippen LogP contribution in [0.2, 0.25) is 0 Å². The van der Waals surface area contributed by atoms with E-state index in [2.05, 4.69) is 22.0 Å². The Balaban J connectivity index is 0.00000176. The number of benzene rings is 1. The molecule has 1 aromatic carbocycles. The summed E-state index contributed by atoms with van der Waals surface area (Å²) in [6, 6.07) is 7.96. The monoisotopic (exact) mass is 339 g/mol. The van der Waals surface area contributed by atoms with Crippen LogP contribution in [0.25, 0.3) is 0 Å². The van der Waals surface area contributed by atoms with E-state index in [0.29, 0.717) is 18.1 Å². The summed E-state index contributed by atoms with van der Waals surface area (Å²) in [6.45, 7) is 1.39. The number of halogens is 1. The highest BCUT2D eigenvalue weighted by molar-refractivity contribution is 7.15. The first-order valence-corrected chi connectivity index (χ1v) is 7.58. The summed E-state index contributed by atoms with van der Waals surface area (Å²) in [4.78, 5) is 19.3. The number of methoxy groups -OCH3 is 1. The third-order valence-corrected chi connectivity index (χ3v) is 4.56. The molecule has 2 aromatic rings. The summed E-state index contributed by atoms with van der Waals surface area (Å²) in [5, 5.41) is 0.553. The van der Waals surface area contributed by atoms with E-state index in [-0.39, 0.29) is 24.4 Å². The summed E-state index contributed by atoms with van der Waals surface area (Å²) < 4.78 is 4.96. The maximum atomic E-state index is 12.1. The zero-order valence-corrected chi connectivity index (χ0v) is 13.8. The van der Waals surface area contributed by atoms with Crippen LogP contribution in [0.15, 0.2) is 30.5 Å². The summed E-state index contributed by atoms with van der Waals surface area (Å²) in [5.74, 6) is -0.193. The van der Waals surface area contributed by atoms with Crippen LogP contribution in [-0.4, -0.2) is 29.0 Å². The van der Waals surface area contributed by atoms with E-state index in [4.69, 9.17) is 10.5 Å². The number of rotatable bonds is 3. The number of nitrogens with two attached hydrogens (primary N) is 1. The van der Waals surface area contributed by atoms with E-state index < -0.39 is 0 Å². The van der Waals surface area contributed by atoms with Gasteiger partial charge in [-0.1, -0.05) is 24.3 Å². The lowest BCUT2D eigenvalue weighted by Crippen LogP contribution is -2.45. The molecule has 0 bridgehead atoms. The Morgan fingerprint density at radius 3 is 2.82 bits per heavy atom. The number of nitrogen functional groups attached to an aromatic ring is 1. The first kappa shape index (κ1) is 16.7. The maximum absolute atomic E-state index is 12.1. The van der Waals surface area contributed by atoms with Gasteiger partial charge in [-0.05, 0) is 17.5 Å². The number of aromatic nitrogens is 1. The number of anilines is 1. The van der Waals surface area contributed by atoms with Crippen molar-refractivity contribution in [1.29, 1.82) is 0 Å². The number of carbonyl (C=O) groups is 1. The summed E-state index contributed by atoms with van der Waals surface area (Å²) in [7, 11) is 1.44. The van der Waals surface area contributed by atoms with Gasteiger partial charge in [0.25, 0.3) is 0 Å². The van der Waals surface area contributed by atoms with Crippen LogP contribution >= 0.6 is 23.7 Å². The fourth-order valence-electron chi connectivity index (χ4n) is 2.71. The second-order valence-corrected chi connectivity index (χ2v) is 6.23. The van der Waals surface area contributed by atoms with E-state index in [1.807, 2.05) is 12.1 Å². The van der Waals surface area contributed by atoms with E-state index in [9.17, 15) is 4.79 Å². The summed E-state index contributed by atoms with van der Waals surface area (Å²) in [5.41, 5.74) is 8.15. The predicted molar refractivity (Wildman–Crippen MR) is 89.0 cm³/mol. The van der Waals surface area contributed by atoms with E-state index in [1.54, 1.807) is 6.20 Å². The van der Waals surface area contributed by atoms with Gasteiger partial charge < -0.3 is 10.5 Å². The Labute approximate surface area is 139 Å². The van der Waals surface area contributed by atoms with Crippen molar-refractivity contribution in [2.75, 3.05) is 12.8 Å². The lowest BCUT2D eigenvalue weighted by atomic mass is 9.94. The van der Waals surface area contributed by atoms with Crippen molar-refractivity contribution in [2.45, 2.75) is 25.6 Å². The molecule has 1 aromatic heterocycles. The molecule has 7 heteroatoms. The second kappa shape index (κ2) is 7.09. The molecule has 0 spiro atoms. The molecule has 22 heavy (non-hydrogen) atoms. The number of ether oxygens (including phenoxy) is 1. The van der Waals surface area contributed by atoms with Gasteiger partial charge in [-0.3, -0.25) is 9.69 Å². The topological polar surface area (TPSA) is 68.5 Å². The highest BCUT2D eigenvalue weighted by Crippen LogP contribution is 2.27. The minimum Gasteiger partial charge on any atom is -0.468 e. The molecule has 0 amide bonds. The normalized spacial score (nSPS) is 17.4. The zero-order chi connectivity index (χ0) is 14.8. The van der Waals surface area contributed by atoms with Gasteiger partial charge in [-0.15, -0.1) is 23.7 Å². The molecule has 0 saturated heterocycles. The Morgan fingerprint density at radius 2 is 2.18 bits per heavy atom. The van der Waals surface area contributed by atoms with Gasteiger partial charge in [0, 0.05) is 24.2 Å². The number of nitrogens with zero attached hydrogens (tertiary/aromatic N) is 2. The smallest absolute Gasteiger partial charge is 0.323 e. The molecule has 1 unspecified atom stereocenters. The van der Waals surface area contributed by atoms with Crippen molar-refractivity contribution >= 4 is 34.8 Å². The van der Waals surface area contributed by atoms with Gasteiger partial charge in [0.05, 0.1) is 7.11 Å². The molecule has 0 radical (unpaired) electrons. The Kier molecular flexibility index (Phi) is 5.39. The molecule has 0 saturated carbocycles. The molecule has 118 valence electrons. The Hall–Kier alpha value is -1.63. The zero-order valence-electron chi connectivity index (χ0n) is 12.2. The largest absolute Gasteiger partial charge is 0.468 e. The molecule has 0 aliphatic carbocycles. The fraction of sp³-hybridized carbons (Fsp3) is 0.333. The lowest BCUT2D eigenvalue weighted by Gasteiger charge is -2.34. The number of esters is 1. The van der Waals surface area contributed by atoms with Crippen LogP contribution in [0.5, 0.6) is 0 Å². The minimum absolute atomic E-state index is 0. The van der Waals surface area contributed by atoms with Crippen molar-refractivity contribution < 1.29 is 9.53 Å². The maximum Gasteiger partial charge on any atom is 0.323 e. The molecule has 1 aliphatic heterocycles. The lowest BCUT2D eigenvalue weighted by molar-refractivity contribution is -0.147. The standard InChI is InChI=1S/C15H17N3O2S.ClH/c1-20-14(19)13-6-10-4-2-3-5-11(10)8-18(13)9-12-7-17-15(16)21-12;/h2-5,7,13H,6,8-9H2,1H3,(H2,16,17);1H. The van der Waals surface area contributed by atoms with Gasteiger partial charge >= 0.3 is 5.97 Å². The summed E-state index contributed by atoms with van der Waals surface area (Å²) in [6.07, 6.45) is 2.45. The molecule has 3 rings (SSSR count). The molecule has 1 aliphatic rings. The van der Waals surface area contributed by atoms with E-state index >= 15 is 0 Å². The second-order valence-electron chi connectivity index (χ2n) is 5.08. The number of hydrogen-bond donors (Lipinski definition) is 1. The average Bonchev–Trinajstić information content (AvgIpc) is 2.91. The predicted octanol–water partition coefficient (Wildman–Crippen LogP) is 2.25. The van der Waals surface area contributed by atoms with Gasteiger partial charge in [0.15, 0.2) is 5.13 Å². The third kappa shape index (κ3) is 3.40. The molecular formula is C15H18ClN3O2S. The van der Waals surface area contributed by atoms with E-state index in [1.165, 1.54) is 29.6 Å². The van der Waals surface area contributed by atoms with E-state index in [0.717, 1.165) is 11.4 Å². The van der Waals surface area contributed by atoms with Crippen molar-refractivity contribution in [2.24, 2.45) is 0 Å². The highest BCUT2D eigenvalue weighted by Gasteiger charge is 2.32. The first-order valence-electron chi connectivity index (χ1n) is 6.76. The van der Waals surface area contributed by atoms with Crippen molar-refractivity contribution in [3.05, 3.63) is 46.5 Å². The molecular weight excluding hydrogens is 322 g/mol. The van der Waals surface area contributed by atoms with Crippen LogP contribution < -0.4 is 5.73 Å². The quantitative estimate of drug-likeness (QED) is 0.869. The van der Waals surface area contributed by atoms with Crippen LogP contribution in [0.4, 0.5) is 5.13 Å². The highest BCUT2D eigenvalue weighted by atomic mass is 35.5. The molecule has 2 N–H and O–H groups in total. The molecule has 1 atom stereocenters. The number of thiazole rings is 1.